The van der Waals surface area contributed by atoms with Crippen LogP contribution in [0.3, 0.4) is 0 Å². The van der Waals surface area contributed by atoms with Crippen molar-refractivity contribution in [3.05, 3.63) is 28.5 Å². The van der Waals surface area contributed by atoms with Crippen LogP contribution in [0.15, 0.2) is 22.7 Å². The molecule has 1 fully saturated rings. The number of benzene rings is 1. The van der Waals surface area contributed by atoms with Gasteiger partial charge in [-0.15, -0.1) is 0 Å². The first-order valence-electron chi connectivity index (χ1n) is 4.55. The van der Waals surface area contributed by atoms with Gasteiger partial charge in [-0.25, -0.2) is 4.39 Å². The van der Waals surface area contributed by atoms with E-state index in [2.05, 4.69) is 20.8 Å². The Bertz CT molecular complexity index is 326. The molecule has 14 heavy (non-hydrogen) atoms. The standard InChI is InChI=1S/C10H11BrFNO/c11-9-2-1-8(12)7-10(9)13-3-5-14-6-4-13/h1-2,7H,3-6H2. The Hall–Kier alpha value is -0.610. The van der Waals surface area contributed by atoms with Crippen LogP contribution in [0.25, 0.3) is 0 Å². The van der Waals surface area contributed by atoms with Gasteiger partial charge in [-0.1, -0.05) is 0 Å². The molecule has 1 aliphatic heterocycles. The predicted molar refractivity (Wildman–Crippen MR) is 57.1 cm³/mol. The van der Waals surface area contributed by atoms with Gasteiger partial charge in [0.15, 0.2) is 0 Å². The highest BCUT2D eigenvalue weighted by Crippen LogP contribution is 2.27. The lowest BCUT2D eigenvalue weighted by molar-refractivity contribution is 0.122. The first kappa shape index (κ1) is 9.93. The molecular formula is C10H11BrFNO. The van der Waals surface area contributed by atoms with Crippen molar-refractivity contribution in [2.24, 2.45) is 0 Å². The van der Waals surface area contributed by atoms with Crippen molar-refractivity contribution in [1.29, 1.82) is 0 Å². The molecule has 1 aliphatic rings. The third-order valence-electron chi connectivity index (χ3n) is 2.26. The minimum atomic E-state index is -0.199. The molecule has 0 unspecified atom stereocenters. The van der Waals surface area contributed by atoms with Gasteiger partial charge in [-0.05, 0) is 34.1 Å². The molecule has 76 valence electrons. The molecule has 1 heterocycles. The Balaban J connectivity index is 2.24. The van der Waals surface area contributed by atoms with Gasteiger partial charge in [-0.3, -0.25) is 0 Å². The molecule has 0 bridgehead atoms. The molecule has 1 aromatic carbocycles. The number of rotatable bonds is 1. The van der Waals surface area contributed by atoms with Gasteiger partial charge >= 0.3 is 0 Å². The molecule has 0 aromatic heterocycles. The lowest BCUT2D eigenvalue weighted by atomic mass is 10.2. The Morgan fingerprint density at radius 2 is 2.00 bits per heavy atom. The Morgan fingerprint density at radius 3 is 2.71 bits per heavy atom. The fourth-order valence-corrected chi connectivity index (χ4v) is 2.03. The minimum absolute atomic E-state index is 0.199. The van der Waals surface area contributed by atoms with Crippen molar-refractivity contribution in [3.8, 4) is 0 Å². The second kappa shape index (κ2) is 4.28. The van der Waals surface area contributed by atoms with E-state index in [4.69, 9.17) is 4.74 Å². The third-order valence-corrected chi connectivity index (χ3v) is 2.93. The summed E-state index contributed by atoms with van der Waals surface area (Å²) in [6.45, 7) is 3.07. The second-order valence-corrected chi connectivity index (χ2v) is 4.05. The first-order valence-corrected chi connectivity index (χ1v) is 5.34. The van der Waals surface area contributed by atoms with E-state index in [0.717, 1.165) is 23.2 Å². The van der Waals surface area contributed by atoms with Gasteiger partial charge < -0.3 is 9.64 Å². The topological polar surface area (TPSA) is 12.5 Å². The monoisotopic (exact) mass is 259 g/mol. The molecule has 1 aromatic rings. The van der Waals surface area contributed by atoms with E-state index >= 15 is 0 Å². The fraction of sp³-hybridized carbons (Fsp3) is 0.400. The zero-order valence-corrected chi connectivity index (χ0v) is 9.26. The van der Waals surface area contributed by atoms with Crippen molar-refractivity contribution < 1.29 is 9.13 Å². The molecule has 0 aliphatic carbocycles. The number of hydrogen-bond acceptors (Lipinski definition) is 2. The number of anilines is 1. The van der Waals surface area contributed by atoms with Gasteiger partial charge in [0.25, 0.3) is 0 Å². The van der Waals surface area contributed by atoms with Crippen molar-refractivity contribution in [3.63, 3.8) is 0 Å². The van der Waals surface area contributed by atoms with E-state index in [1.54, 1.807) is 12.1 Å². The molecule has 0 spiro atoms. The summed E-state index contributed by atoms with van der Waals surface area (Å²) in [5.74, 6) is -0.199. The summed E-state index contributed by atoms with van der Waals surface area (Å²) < 4.78 is 19.2. The van der Waals surface area contributed by atoms with Crippen LogP contribution in [0.2, 0.25) is 0 Å². The summed E-state index contributed by atoms with van der Waals surface area (Å²) in [6.07, 6.45) is 0. The summed E-state index contributed by atoms with van der Waals surface area (Å²) in [4.78, 5) is 2.12. The quantitative estimate of drug-likeness (QED) is 0.768. The normalized spacial score (nSPS) is 17.1. The summed E-state index contributed by atoms with van der Waals surface area (Å²) in [7, 11) is 0. The van der Waals surface area contributed by atoms with Crippen LogP contribution in [-0.2, 0) is 4.74 Å². The molecule has 2 rings (SSSR count). The zero-order valence-electron chi connectivity index (χ0n) is 7.67. The van der Waals surface area contributed by atoms with Crippen LogP contribution in [0, 0.1) is 5.82 Å². The van der Waals surface area contributed by atoms with E-state index in [1.165, 1.54) is 6.07 Å². The van der Waals surface area contributed by atoms with Gasteiger partial charge in [-0.2, -0.15) is 0 Å². The molecule has 0 N–H and O–H groups in total. The maximum absolute atomic E-state index is 13.0. The van der Waals surface area contributed by atoms with Gasteiger partial charge in [0.1, 0.15) is 5.82 Å². The van der Waals surface area contributed by atoms with Crippen molar-refractivity contribution in [2.75, 3.05) is 31.2 Å². The van der Waals surface area contributed by atoms with Crippen molar-refractivity contribution >= 4 is 21.6 Å². The molecular weight excluding hydrogens is 249 g/mol. The molecule has 0 amide bonds. The van der Waals surface area contributed by atoms with E-state index in [0.29, 0.717) is 13.2 Å². The highest BCUT2D eigenvalue weighted by Gasteiger charge is 2.14. The summed E-state index contributed by atoms with van der Waals surface area (Å²) in [5, 5.41) is 0. The van der Waals surface area contributed by atoms with Crippen LogP contribution >= 0.6 is 15.9 Å². The van der Waals surface area contributed by atoms with Gasteiger partial charge in [0.2, 0.25) is 0 Å². The first-order chi connectivity index (χ1) is 6.77. The number of ether oxygens (including phenoxy) is 1. The number of hydrogen-bond donors (Lipinski definition) is 0. The maximum Gasteiger partial charge on any atom is 0.125 e. The Morgan fingerprint density at radius 1 is 1.29 bits per heavy atom. The predicted octanol–water partition coefficient (Wildman–Crippen LogP) is 2.42. The third kappa shape index (κ3) is 2.07. The molecule has 0 radical (unpaired) electrons. The largest absolute Gasteiger partial charge is 0.378 e. The van der Waals surface area contributed by atoms with Gasteiger partial charge in [0, 0.05) is 17.6 Å². The fourth-order valence-electron chi connectivity index (χ4n) is 1.53. The molecule has 4 heteroatoms. The van der Waals surface area contributed by atoms with E-state index in [1.807, 2.05) is 0 Å². The van der Waals surface area contributed by atoms with Crippen molar-refractivity contribution in [2.45, 2.75) is 0 Å². The molecule has 1 saturated heterocycles. The maximum atomic E-state index is 13.0. The van der Waals surface area contributed by atoms with Crippen molar-refractivity contribution in [1.82, 2.24) is 0 Å². The lowest BCUT2D eigenvalue weighted by Gasteiger charge is -2.29. The molecule has 2 nitrogen and oxygen atoms in total. The molecule has 0 atom stereocenters. The van der Waals surface area contributed by atoms with E-state index < -0.39 is 0 Å². The number of nitrogens with zero attached hydrogens (tertiary/aromatic N) is 1. The second-order valence-electron chi connectivity index (χ2n) is 3.20. The Kier molecular flexibility index (Phi) is 3.03. The summed E-state index contributed by atoms with van der Waals surface area (Å²) in [6, 6.07) is 4.74. The van der Waals surface area contributed by atoms with Crippen LogP contribution in [0.5, 0.6) is 0 Å². The smallest absolute Gasteiger partial charge is 0.125 e. The van der Waals surface area contributed by atoms with Crippen LogP contribution in [0.1, 0.15) is 0 Å². The average Bonchev–Trinajstić information content (AvgIpc) is 2.23. The van der Waals surface area contributed by atoms with E-state index in [-0.39, 0.29) is 5.82 Å². The van der Waals surface area contributed by atoms with E-state index in [9.17, 15) is 4.39 Å². The zero-order chi connectivity index (χ0) is 9.97. The highest BCUT2D eigenvalue weighted by molar-refractivity contribution is 9.10. The van der Waals surface area contributed by atoms with Crippen LogP contribution in [0.4, 0.5) is 10.1 Å². The summed E-state index contributed by atoms with van der Waals surface area (Å²) >= 11 is 3.42. The number of morpholine rings is 1. The lowest BCUT2D eigenvalue weighted by Crippen LogP contribution is -2.36. The average molecular weight is 260 g/mol. The highest BCUT2D eigenvalue weighted by atomic mass is 79.9. The number of halogens is 2. The van der Waals surface area contributed by atoms with Crippen LogP contribution in [-0.4, -0.2) is 26.3 Å². The minimum Gasteiger partial charge on any atom is -0.378 e. The SMILES string of the molecule is Fc1ccc(Br)c(N2CCOCC2)c1. The molecule has 0 saturated carbocycles. The van der Waals surface area contributed by atoms with Gasteiger partial charge in [0.05, 0.1) is 18.9 Å². The Labute approximate surface area is 90.8 Å². The van der Waals surface area contributed by atoms with Crippen LogP contribution < -0.4 is 4.90 Å². The summed E-state index contributed by atoms with van der Waals surface area (Å²) in [5.41, 5.74) is 0.910.